The van der Waals surface area contributed by atoms with E-state index in [-0.39, 0.29) is 5.69 Å². The lowest BCUT2D eigenvalue weighted by Crippen LogP contribution is -2.30. The summed E-state index contributed by atoms with van der Waals surface area (Å²) in [5, 5.41) is 4.50. The van der Waals surface area contributed by atoms with Crippen LogP contribution >= 0.6 is 15.9 Å². The van der Waals surface area contributed by atoms with Gasteiger partial charge in [0, 0.05) is 9.86 Å². The summed E-state index contributed by atoms with van der Waals surface area (Å²) in [5.41, 5.74) is 0.122. The van der Waals surface area contributed by atoms with Crippen LogP contribution in [0.5, 0.6) is 5.75 Å². The summed E-state index contributed by atoms with van der Waals surface area (Å²) in [6, 6.07) is 17.9. The molecule has 122 valence electrons. The number of nitrogens with one attached hydrogen (secondary N) is 1. The van der Waals surface area contributed by atoms with Crippen molar-refractivity contribution in [1.82, 2.24) is 0 Å². The van der Waals surface area contributed by atoms with Gasteiger partial charge < -0.3 is 10.1 Å². The maximum atomic E-state index is 13.8. The molecule has 24 heavy (non-hydrogen) atoms. The van der Waals surface area contributed by atoms with Gasteiger partial charge in [0.15, 0.2) is 6.10 Å². The second-order valence-corrected chi connectivity index (χ2v) is 6.27. The Hall–Kier alpha value is -2.40. The molecule has 0 aromatic heterocycles. The average Bonchev–Trinajstić information content (AvgIpc) is 2.57. The third-order valence-corrected chi connectivity index (χ3v) is 4.10. The summed E-state index contributed by atoms with van der Waals surface area (Å²) in [4.78, 5) is 12.3. The number of anilines is 1. The van der Waals surface area contributed by atoms with Crippen LogP contribution in [0, 0.1) is 5.82 Å². The molecule has 3 aromatic rings. The quantitative estimate of drug-likeness (QED) is 0.672. The fourth-order valence-corrected chi connectivity index (χ4v) is 2.70. The van der Waals surface area contributed by atoms with Crippen molar-refractivity contribution >= 4 is 38.3 Å². The molecule has 1 atom stereocenters. The number of rotatable bonds is 4. The van der Waals surface area contributed by atoms with Gasteiger partial charge in [0.2, 0.25) is 0 Å². The Balaban J connectivity index is 1.76. The molecule has 1 N–H and O–H groups in total. The van der Waals surface area contributed by atoms with Crippen LogP contribution in [0.2, 0.25) is 0 Å². The van der Waals surface area contributed by atoms with E-state index in [0.29, 0.717) is 10.2 Å². The van der Waals surface area contributed by atoms with Crippen LogP contribution < -0.4 is 10.1 Å². The van der Waals surface area contributed by atoms with E-state index >= 15 is 0 Å². The van der Waals surface area contributed by atoms with Gasteiger partial charge in [-0.25, -0.2) is 4.39 Å². The van der Waals surface area contributed by atoms with Crippen molar-refractivity contribution in [2.24, 2.45) is 0 Å². The summed E-state index contributed by atoms with van der Waals surface area (Å²) < 4.78 is 20.2. The molecule has 0 saturated heterocycles. The SMILES string of the molecule is C[C@H](Oc1cccc2ccccc12)C(=O)Nc1ccc(Br)cc1F. The average molecular weight is 388 g/mol. The van der Waals surface area contributed by atoms with E-state index in [1.807, 2.05) is 42.5 Å². The van der Waals surface area contributed by atoms with Crippen LogP contribution in [-0.4, -0.2) is 12.0 Å². The smallest absolute Gasteiger partial charge is 0.265 e. The van der Waals surface area contributed by atoms with Gasteiger partial charge in [0.05, 0.1) is 5.69 Å². The minimum atomic E-state index is -0.765. The molecule has 0 aliphatic heterocycles. The molecule has 0 radical (unpaired) electrons. The lowest BCUT2D eigenvalue weighted by atomic mass is 10.1. The predicted octanol–water partition coefficient (Wildman–Crippen LogP) is 5.15. The van der Waals surface area contributed by atoms with Crippen molar-refractivity contribution in [3.63, 3.8) is 0 Å². The van der Waals surface area contributed by atoms with Gasteiger partial charge in [-0.1, -0.05) is 52.3 Å². The molecule has 0 aliphatic rings. The van der Waals surface area contributed by atoms with Gasteiger partial charge in [0.1, 0.15) is 11.6 Å². The Morgan fingerprint density at radius 1 is 1.12 bits per heavy atom. The van der Waals surface area contributed by atoms with E-state index < -0.39 is 17.8 Å². The standard InChI is InChI=1S/C19H15BrFNO2/c1-12(19(23)22-17-10-9-14(20)11-16(17)21)24-18-8-4-6-13-5-2-3-7-15(13)18/h2-12H,1H3,(H,22,23)/t12-/m0/s1. The van der Waals surface area contributed by atoms with Crippen molar-refractivity contribution in [3.05, 3.63) is 71.0 Å². The zero-order valence-electron chi connectivity index (χ0n) is 12.9. The second-order valence-electron chi connectivity index (χ2n) is 5.35. The van der Waals surface area contributed by atoms with Gasteiger partial charge in [-0.15, -0.1) is 0 Å². The molecular weight excluding hydrogens is 373 g/mol. The highest BCUT2D eigenvalue weighted by Crippen LogP contribution is 2.26. The van der Waals surface area contributed by atoms with E-state index in [2.05, 4.69) is 21.2 Å². The first-order chi connectivity index (χ1) is 11.5. The molecular formula is C19H15BrFNO2. The van der Waals surface area contributed by atoms with Crippen LogP contribution in [0.15, 0.2) is 65.1 Å². The first kappa shape index (κ1) is 16.5. The number of fused-ring (bicyclic) bond motifs is 1. The zero-order valence-corrected chi connectivity index (χ0v) is 14.5. The van der Waals surface area contributed by atoms with E-state index in [9.17, 15) is 9.18 Å². The Labute approximate surface area is 147 Å². The summed E-state index contributed by atoms with van der Waals surface area (Å²) >= 11 is 3.18. The third kappa shape index (κ3) is 3.57. The molecule has 0 saturated carbocycles. The lowest BCUT2D eigenvalue weighted by molar-refractivity contribution is -0.122. The van der Waals surface area contributed by atoms with Crippen LogP contribution in [0.4, 0.5) is 10.1 Å². The topological polar surface area (TPSA) is 38.3 Å². The van der Waals surface area contributed by atoms with Crippen LogP contribution in [-0.2, 0) is 4.79 Å². The van der Waals surface area contributed by atoms with Gasteiger partial charge >= 0.3 is 0 Å². The molecule has 0 aliphatic carbocycles. The minimum Gasteiger partial charge on any atom is -0.480 e. The Bertz CT molecular complexity index is 892. The molecule has 3 aromatic carbocycles. The molecule has 1 amide bonds. The summed E-state index contributed by atoms with van der Waals surface area (Å²) in [6.07, 6.45) is -0.765. The first-order valence-electron chi connectivity index (χ1n) is 7.45. The van der Waals surface area contributed by atoms with Gasteiger partial charge in [-0.2, -0.15) is 0 Å². The lowest BCUT2D eigenvalue weighted by Gasteiger charge is -2.16. The van der Waals surface area contributed by atoms with Gasteiger partial charge in [0.25, 0.3) is 5.91 Å². The first-order valence-corrected chi connectivity index (χ1v) is 8.24. The molecule has 0 fully saturated rings. The summed E-state index contributed by atoms with van der Waals surface area (Å²) in [7, 11) is 0. The van der Waals surface area contributed by atoms with Crippen LogP contribution in [0.1, 0.15) is 6.92 Å². The normalized spacial score (nSPS) is 12.0. The monoisotopic (exact) mass is 387 g/mol. The van der Waals surface area contributed by atoms with Crippen molar-refractivity contribution in [2.75, 3.05) is 5.32 Å². The number of amides is 1. The molecule has 0 unspecified atom stereocenters. The highest BCUT2D eigenvalue weighted by atomic mass is 79.9. The van der Waals surface area contributed by atoms with E-state index in [0.717, 1.165) is 10.8 Å². The van der Waals surface area contributed by atoms with E-state index in [1.54, 1.807) is 13.0 Å². The number of ether oxygens (including phenoxy) is 1. The number of benzene rings is 3. The minimum absolute atomic E-state index is 0.122. The number of hydrogen-bond acceptors (Lipinski definition) is 2. The molecule has 0 spiro atoms. The molecule has 5 heteroatoms. The highest BCUT2D eigenvalue weighted by Gasteiger charge is 2.17. The highest BCUT2D eigenvalue weighted by molar-refractivity contribution is 9.10. The van der Waals surface area contributed by atoms with Crippen LogP contribution in [0.25, 0.3) is 10.8 Å². The Kier molecular flexibility index (Phi) is 4.81. The van der Waals surface area contributed by atoms with Crippen molar-refractivity contribution in [3.8, 4) is 5.75 Å². The van der Waals surface area contributed by atoms with Crippen molar-refractivity contribution in [1.29, 1.82) is 0 Å². The maximum absolute atomic E-state index is 13.8. The van der Waals surface area contributed by atoms with Crippen molar-refractivity contribution < 1.29 is 13.9 Å². The fourth-order valence-electron chi connectivity index (χ4n) is 2.37. The second kappa shape index (κ2) is 7.01. The number of hydrogen-bond donors (Lipinski definition) is 1. The molecule has 3 rings (SSSR count). The molecule has 0 bridgehead atoms. The largest absolute Gasteiger partial charge is 0.480 e. The van der Waals surface area contributed by atoms with E-state index in [4.69, 9.17) is 4.74 Å². The number of halogens is 2. The fraction of sp³-hybridized carbons (Fsp3) is 0.105. The van der Waals surface area contributed by atoms with E-state index in [1.165, 1.54) is 12.1 Å². The Morgan fingerprint density at radius 2 is 1.88 bits per heavy atom. The van der Waals surface area contributed by atoms with Crippen molar-refractivity contribution in [2.45, 2.75) is 13.0 Å². The maximum Gasteiger partial charge on any atom is 0.265 e. The molecule has 3 nitrogen and oxygen atoms in total. The molecule has 0 heterocycles. The van der Waals surface area contributed by atoms with Crippen LogP contribution in [0.3, 0.4) is 0 Å². The predicted molar refractivity (Wildman–Crippen MR) is 96.8 cm³/mol. The van der Waals surface area contributed by atoms with Gasteiger partial charge in [-0.05, 0) is 36.6 Å². The number of carbonyl (C=O) groups excluding carboxylic acids is 1. The summed E-state index contributed by atoms with van der Waals surface area (Å²) in [6.45, 7) is 1.63. The Morgan fingerprint density at radius 3 is 2.67 bits per heavy atom. The number of carbonyl (C=O) groups is 1. The summed E-state index contributed by atoms with van der Waals surface area (Å²) in [5.74, 6) is -0.300. The zero-order chi connectivity index (χ0) is 17.1. The van der Waals surface area contributed by atoms with Gasteiger partial charge in [-0.3, -0.25) is 4.79 Å². The third-order valence-electron chi connectivity index (χ3n) is 3.61.